The Morgan fingerprint density at radius 2 is 1.76 bits per heavy atom. The van der Waals surface area contributed by atoms with Gasteiger partial charge in [-0.3, -0.25) is 14.6 Å². The highest BCUT2D eigenvalue weighted by Gasteiger charge is 2.22. The zero-order chi connectivity index (χ0) is 30.1. The number of carbonyl (C=O) groups is 2. The zero-order valence-corrected chi connectivity index (χ0v) is 24.2. The maximum absolute atomic E-state index is 13.6. The number of allylic oxidation sites excluding steroid dienone is 1. The van der Waals surface area contributed by atoms with Crippen LogP contribution in [0.4, 0.5) is 4.39 Å². The van der Waals surface area contributed by atoms with Crippen LogP contribution in [-0.2, 0) is 0 Å². The van der Waals surface area contributed by atoms with Gasteiger partial charge in [-0.05, 0) is 84.8 Å². The van der Waals surface area contributed by atoms with Gasteiger partial charge in [-0.1, -0.05) is 26.0 Å². The summed E-state index contributed by atoms with van der Waals surface area (Å²) in [7, 11) is 1.54. The molecular weight excluding hydrogens is 535 g/mol. The molecule has 0 saturated heterocycles. The van der Waals surface area contributed by atoms with E-state index in [1.165, 1.54) is 12.1 Å². The molecule has 9 heteroatoms. The van der Waals surface area contributed by atoms with Crippen LogP contribution in [-0.4, -0.2) is 44.9 Å². The third kappa shape index (κ3) is 7.42. The Hall–Kier alpha value is -4.92. The van der Waals surface area contributed by atoms with Gasteiger partial charge < -0.3 is 25.1 Å². The molecular formula is C33H35FN4O4. The number of halogens is 1. The molecule has 2 amide bonds. The molecule has 0 radical (unpaired) electrons. The number of benzene rings is 3. The molecule has 8 nitrogen and oxygen atoms in total. The van der Waals surface area contributed by atoms with Crippen molar-refractivity contribution in [2.45, 2.75) is 20.8 Å². The maximum atomic E-state index is 13.6. The fourth-order valence-corrected chi connectivity index (χ4v) is 4.28. The number of rotatable bonds is 12. The first kappa shape index (κ1) is 30.0. The van der Waals surface area contributed by atoms with E-state index in [1.54, 1.807) is 49.9 Å². The van der Waals surface area contributed by atoms with Crippen molar-refractivity contribution >= 4 is 29.1 Å². The van der Waals surface area contributed by atoms with E-state index in [4.69, 9.17) is 9.15 Å². The molecule has 42 heavy (non-hydrogen) atoms. The molecule has 0 aliphatic carbocycles. The molecule has 3 N–H and O–H groups in total. The fraction of sp³-hybridized carbons (Fsp3) is 0.242. The minimum atomic E-state index is -0.383. The normalized spacial score (nSPS) is 11.5. The van der Waals surface area contributed by atoms with Crippen molar-refractivity contribution in [2.75, 3.05) is 26.7 Å². The van der Waals surface area contributed by atoms with Crippen LogP contribution in [0.1, 0.15) is 41.5 Å². The smallest absolute Gasteiger partial charge is 0.255 e. The molecule has 0 atom stereocenters. The van der Waals surface area contributed by atoms with Gasteiger partial charge in [-0.25, -0.2) is 4.39 Å². The summed E-state index contributed by atoms with van der Waals surface area (Å²) in [5.74, 6) is 0.231. The lowest BCUT2D eigenvalue weighted by atomic mass is 9.98. The van der Waals surface area contributed by atoms with E-state index in [1.807, 2.05) is 45.0 Å². The van der Waals surface area contributed by atoms with E-state index in [0.717, 1.165) is 11.1 Å². The van der Waals surface area contributed by atoms with E-state index < -0.39 is 0 Å². The van der Waals surface area contributed by atoms with E-state index in [0.29, 0.717) is 64.8 Å². The van der Waals surface area contributed by atoms with Crippen LogP contribution in [0.25, 0.3) is 33.4 Å². The van der Waals surface area contributed by atoms with Gasteiger partial charge in [0, 0.05) is 30.1 Å². The molecule has 0 fully saturated rings. The predicted octanol–water partition coefficient (Wildman–Crippen LogP) is 6.18. The minimum absolute atomic E-state index is 0.210. The number of hydrogen-bond acceptors (Lipinski definition) is 5. The monoisotopic (exact) mass is 570 g/mol. The molecule has 0 aliphatic heterocycles. The van der Waals surface area contributed by atoms with Gasteiger partial charge in [-0.15, -0.1) is 0 Å². The van der Waals surface area contributed by atoms with Crippen LogP contribution >= 0.6 is 0 Å². The Morgan fingerprint density at radius 1 is 1.00 bits per heavy atom. The third-order valence-corrected chi connectivity index (χ3v) is 6.34. The van der Waals surface area contributed by atoms with Gasteiger partial charge in [0.15, 0.2) is 0 Å². The van der Waals surface area contributed by atoms with E-state index in [-0.39, 0.29) is 17.6 Å². The summed E-state index contributed by atoms with van der Waals surface area (Å²) in [5.41, 5.74) is 3.37. The summed E-state index contributed by atoms with van der Waals surface area (Å²) in [6.45, 7) is 7.23. The van der Waals surface area contributed by atoms with Crippen molar-refractivity contribution in [3.05, 3.63) is 89.9 Å². The Morgan fingerprint density at radius 3 is 2.48 bits per heavy atom. The lowest BCUT2D eigenvalue weighted by Crippen LogP contribution is -2.27. The number of amides is 2. The topological polar surface area (TPSA) is 105 Å². The Bertz CT molecular complexity index is 1610. The van der Waals surface area contributed by atoms with Crippen molar-refractivity contribution in [2.24, 2.45) is 10.9 Å². The second kappa shape index (κ2) is 14.1. The summed E-state index contributed by atoms with van der Waals surface area (Å²) in [6.07, 6.45) is 5.22. The van der Waals surface area contributed by atoms with E-state index in [2.05, 4.69) is 20.9 Å². The number of fused-ring (bicyclic) bond motifs is 1. The number of carbonyl (C=O) groups excluding carboxylic acids is 2. The molecule has 4 rings (SSSR count). The Balaban J connectivity index is 1.73. The molecule has 1 aromatic heterocycles. The van der Waals surface area contributed by atoms with Gasteiger partial charge in [-0.2, -0.15) is 0 Å². The summed E-state index contributed by atoms with van der Waals surface area (Å²) in [5, 5.41) is 9.15. The van der Waals surface area contributed by atoms with Crippen LogP contribution in [0.3, 0.4) is 0 Å². The second-order valence-corrected chi connectivity index (χ2v) is 10.0. The predicted molar refractivity (Wildman–Crippen MR) is 164 cm³/mol. The van der Waals surface area contributed by atoms with Crippen LogP contribution < -0.4 is 20.7 Å². The fourth-order valence-electron chi connectivity index (χ4n) is 4.28. The zero-order valence-electron chi connectivity index (χ0n) is 24.2. The van der Waals surface area contributed by atoms with Crippen molar-refractivity contribution in [1.29, 1.82) is 0 Å². The van der Waals surface area contributed by atoms with Crippen LogP contribution in [0, 0.1) is 11.7 Å². The second-order valence-electron chi connectivity index (χ2n) is 10.0. The first-order valence-corrected chi connectivity index (χ1v) is 13.8. The summed E-state index contributed by atoms with van der Waals surface area (Å²) in [6, 6.07) is 16.6. The first-order chi connectivity index (χ1) is 20.3. The highest BCUT2D eigenvalue weighted by Crippen LogP contribution is 2.37. The lowest BCUT2D eigenvalue weighted by Gasteiger charge is -2.13. The molecule has 0 saturated carbocycles. The SMILES string of the molecule is C/C=C\NC=NCCOc1cc(C(=O)NCC(C)C)cc(-c2ccc3oc(-c4ccc(F)cc4)c(C(=O)NC)c3c2)c1. The van der Waals surface area contributed by atoms with Gasteiger partial charge in [0.25, 0.3) is 11.8 Å². The van der Waals surface area contributed by atoms with Crippen molar-refractivity contribution in [1.82, 2.24) is 16.0 Å². The highest BCUT2D eigenvalue weighted by atomic mass is 19.1. The van der Waals surface area contributed by atoms with Crippen LogP contribution in [0.2, 0.25) is 0 Å². The number of furan rings is 1. The molecule has 0 aliphatic rings. The standard InChI is InChI=1S/C33H35FN4O4/c1-5-12-36-20-37-13-14-41-27-16-24(15-25(17-27)32(39)38-19-21(2)3)23-8-11-29-28(18-23)30(33(40)35-4)31(42-29)22-6-9-26(34)10-7-22/h5-12,15-18,20-21H,13-14,19H2,1-4H3,(H,35,40)(H,36,37)(H,38,39)/b12-5-. The largest absolute Gasteiger partial charge is 0.492 e. The average molecular weight is 571 g/mol. The van der Waals surface area contributed by atoms with Crippen molar-refractivity contribution in [3.63, 3.8) is 0 Å². The van der Waals surface area contributed by atoms with Gasteiger partial charge in [0.2, 0.25) is 0 Å². The van der Waals surface area contributed by atoms with Gasteiger partial charge in [0.05, 0.1) is 18.4 Å². The lowest BCUT2D eigenvalue weighted by molar-refractivity contribution is 0.0945. The number of aliphatic imine (C=N–C) groups is 1. The summed E-state index contributed by atoms with van der Waals surface area (Å²) < 4.78 is 25.6. The highest BCUT2D eigenvalue weighted by molar-refractivity contribution is 6.12. The first-order valence-electron chi connectivity index (χ1n) is 13.8. The quantitative estimate of drug-likeness (QED) is 0.107. The van der Waals surface area contributed by atoms with Gasteiger partial charge >= 0.3 is 0 Å². The number of hydrogen-bond donors (Lipinski definition) is 3. The molecule has 0 spiro atoms. The number of nitrogens with one attached hydrogen (secondary N) is 3. The van der Waals surface area contributed by atoms with Crippen LogP contribution in [0.5, 0.6) is 5.75 Å². The van der Waals surface area contributed by atoms with Gasteiger partial charge in [0.1, 0.15) is 29.5 Å². The number of nitrogens with zero attached hydrogens (tertiary/aromatic N) is 1. The molecule has 218 valence electrons. The molecule has 0 unspecified atom stereocenters. The van der Waals surface area contributed by atoms with Crippen molar-refractivity contribution in [3.8, 4) is 28.2 Å². The van der Waals surface area contributed by atoms with E-state index >= 15 is 0 Å². The Kier molecular flexibility index (Phi) is 10.1. The molecule has 0 bridgehead atoms. The molecule has 4 aromatic rings. The molecule has 1 heterocycles. The van der Waals surface area contributed by atoms with Crippen molar-refractivity contribution < 1.29 is 23.1 Å². The van der Waals surface area contributed by atoms with Crippen LogP contribution in [0.15, 0.2) is 82.3 Å². The van der Waals surface area contributed by atoms with E-state index in [9.17, 15) is 14.0 Å². The minimum Gasteiger partial charge on any atom is -0.492 e. The summed E-state index contributed by atoms with van der Waals surface area (Å²) >= 11 is 0. The maximum Gasteiger partial charge on any atom is 0.255 e. The average Bonchev–Trinajstić information content (AvgIpc) is 3.38. The molecule has 3 aromatic carbocycles. The third-order valence-electron chi connectivity index (χ3n) is 6.34. The summed E-state index contributed by atoms with van der Waals surface area (Å²) in [4.78, 5) is 30.3. The number of ether oxygens (including phenoxy) is 1. The Labute approximate surface area is 244 Å².